The van der Waals surface area contributed by atoms with Crippen LogP contribution in [0.15, 0.2) is 0 Å². The molecule has 27 heavy (non-hydrogen) atoms. The van der Waals surface area contributed by atoms with Crippen molar-refractivity contribution in [3.05, 3.63) is 11.6 Å². The van der Waals surface area contributed by atoms with Crippen LogP contribution in [0.5, 0.6) is 0 Å². The fraction of sp³-hybridized carbons (Fsp3) is 0.850. The summed E-state index contributed by atoms with van der Waals surface area (Å²) in [6.45, 7) is 8.88. The Morgan fingerprint density at radius 1 is 1.07 bits per heavy atom. The summed E-state index contributed by atoms with van der Waals surface area (Å²) in [5.74, 6) is 2.62. The van der Waals surface area contributed by atoms with Gasteiger partial charge in [0.2, 0.25) is 5.91 Å². The van der Waals surface area contributed by atoms with Crippen LogP contribution in [0.4, 0.5) is 0 Å². The zero-order valence-electron chi connectivity index (χ0n) is 17.2. The first-order valence-electron chi connectivity index (χ1n) is 10.5. The molecule has 3 rings (SSSR count). The van der Waals surface area contributed by atoms with Crippen LogP contribution in [-0.4, -0.2) is 69.4 Å². The van der Waals surface area contributed by atoms with Gasteiger partial charge in [0.25, 0.3) is 0 Å². The van der Waals surface area contributed by atoms with Crippen molar-refractivity contribution in [2.75, 3.05) is 32.8 Å². The van der Waals surface area contributed by atoms with Crippen LogP contribution >= 0.6 is 0 Å². The van der Waals surface area contributed by atoms with E-state index in [4.69, 9.17) is 4.74 Å². The highest BCUT2D eigenvalue weighted by atomic mass is 16.5. The first kappa shape index (κ1) is 20.3. The van der Waals surface area contributed by atoms with Gasteiger partial charge in [-0.2, -0.15) is 0 Å². The normalized spacial score (nSPS) is 20.2. The Balaban J connectivity index is 1.52. The van der Waals surface area contributed by atoms with Crippen molar-refractivity contribution in [3.63, 3.8) is 0 Å². The van der Waals surface area contributed by atoms with Gasteiger partial charge in [0.1, 0.15) is 18.3 Å². The summed E-state index contributed by atoms with van der Waals surface area (Å²) in [5.41, 5.74) is 0. The van der Waals surface area contributed by atoms with E-state index in [2.05, 4.69) is 26.7 Å². The van der Waals surface area contributed by atoms with Gasteiger partial charge in [-0.3, -0.25) is 9.69 Å². The number of ether oxygens (including phenoxy) is 1. The van der Waals surface area contributed by atoms with Crippen LogP contribution in [0.3, 0.4) is 0 Å². The molecule has 0 bridgehead atoms. The van der Waals surface area contributed by atoms with E-state index in [1.807, 2.05) is 18.7 Å². The second-order valence-electron chi connectivity index (χ2n) is 8.24. The molecule has 1 amide bonds. The number of piperidine rings is 1. The number of hydrogen-bond donors (Lipinski definition) is 0. The first-order valence-corrected chi connectivity index (χ1v) is 10.5. The van der Waals surface area contributed by atoms with Gasteiger partial charge in [0.15, 0.2) is 0 Å². The average molecular weight is 378 g/mol. The van der Waals surface area contributed by atoms with E-state index in [-0.39, 0.29) is 18.6 Å². The molecule has 1 aromatic heterocycles. The van der Waals surface area contributed by atoms with E-state index < -0.39 is 0 Å². The largest absolute Gasteiger partial charge is 0.369 e. The molecule has 2 fully saturated rings. The lowest BCUT2D eigenvalue weighted by Gasteiger charge is -2.31. The smallest absolute Gasteiger partial charge is 0.248 e. The van der Waals surface area contributed by atoms with E-state index in [9.17, 15) is 4.79 Å². The van der Waals surface area contributed by atoms with Crippen LogP contribution in [-0.2, 0) is 23.1 Å². The van der Waals surface area contributed by atoms with Crippen molar-refractivity contribution >= 4 is 5.91 Å². The number of carbonyl (C=O) groups excluding carboxylic acids is 1. The van der Waals surface area contributed by atoms with Crippen molar-refractivity contribution in [1.82, 2.24) is 24.6 Å². The van der Waals surface area contributed by atoms with Gasteiger partial charge < -0.3 is 14.2 Å². The number of likely N-dealkylation sites (tertiary alicyclic amines) is 2. The monoisotopic (exact) mass is 377 g/mol. The topological polar surface area (TPSA) is 63.5 Å². The Labute approximate surface area is 163 Å². The van der Waals surface area contributed by atoms with Crippen LogP contribution in [0, 0.1) is 0 Å². The van der Waals surface area contributed by atoms with E-state index in [0.717, 1.165) is 44.1 Å². The molecular weight excluding hydrogens is 342 g/mol. The molecule has 0 unspecified atom stereocenters. The van der Waals surface area contributed by atoms with E-state index in [1.54, 1.807) is 0 Å². The Morgan fingerprint density at radius 3 is 2.37 bits per heavy atom. The molecule has 0 spiro atoms. The average Bonchev–Trinajstić information content (AvgIpc) is 2.85. The maximum Gasteiger partial charge on any atom is 0.248 e. The minimum Gasteiger partial charge on any atom is -0.369 e. The Morgan fingerprint density at radius 2 is 1.74 bits per heavy atom. The first-order chi connectivity index (χ1) is 13.0. The predicted molar refractivity (Wildman–Crippen MR) is 104 cm³/mol. The predicted octanol–water partition coefficient (Wildman–Crippen LogP) is 2.32. The lowest BCUT2D eigenvalue weighted by Crippen LogP contribution is -2.40. The molecule has 2 aliphatic rings. The van der Waals surface area contributed by atoms with E-state index >= 15 is 0 Å². The summed E-state index contributed by atoms with van der Waals surface area (Å²) in [6, 6.07) is 0. The van der Waals surface area contributed by atoms with Gasteiger partial charge in [-0.15, -0.1) is 10.2 Å². The summed E-state index contributed by atoms with van der Waals surface area (Å²) in [7, 11) is 2.09. The molecule has 3 heterocycles. The number of nitrogens with zero attached hydrogens (tertiary/aromatic N) is 5. The molecule has 0 N–H and O–H groups in total. The molecular formula is C20H35N5O2. The molecule has 0 radical (unpaired) electrons. The number of aromatic nitrogens is 3. The highest BCUT2D eigenvalue weighted by Crippen LogP contribution is 2.27. The zero-order chi connectivity index (χ0) is 19.2. The number of hydrogen-bond acceptors (Lipinski definition) is 5. The van der Waals surface area contributed by atoms with E-state index in [1.165, 1.54) is 38.8 Å². The highest BCUT2D eigenvalue weighted by Gasteiger charge is 2.27. The van der Waals surface area contributed by atoms with E-state index in [0.29, 0.717) is 5.92 Å². The van der Waals surface area contributed by atoms with Gasteiger partial charge in [-0.1, -0.05) is 12.8 Å². The minimum atomic E-state index is 0.0905. The Kier molecular flexibility index (Phi) is 7.24. The molecule has 2 saturated heterocycles. The molecule has 0 aromatic carbocycles. The third-order valence-electron chi connectivity index (χ3n) is 5.82. The van der Waals surface area contributed by atoms with Gasteiger partial charge in [0.05, 0.1) is 12.6 Å². The highest BCUT2D eigenvalue weighted by molar-refractivity contribution is 5.77. The molecule has 2 aliphatic heterocycles. The third-order valence-corrected chi connectivity index (χ3v) is 5.82. The minimum absolute atomic E-state index is 0.0905. The maximum absolute atomic E-state index is 12.2. The van der Waals surface area contributed by atoms with Gasteiger partial charge >= 0.3 is 0 Å². The quantitative estimate of drug-likeness (QED) is 0.761. The van der Waals surface area contributed by atoms with Crippen molar-refractivity contribution in [3.8, 4) is 0 Å². The lowest BCUT2D eigenvalue weighted by atomic mass is 9.96. The number of amides is 1. The second kappa shape index (κ2) is 9.64. The fourth-order valence-electron chi connectivity index (χ4n) is 4.08. The van der Waals surface area contributed by atoms with Crippen molar-refractivity contribution in [1.29, 1.82) is 0 Å². The summed E-state index contributed by atoms with van der Waals surface area (Å²) in [4.78, 5) is 16.7. The van der Waals surface area contributed by atoms with Crippen LogP contribution < -0.4 is 0 Å². The summed E-state index contributed by atoms with van der Waals surface area (Å²) in [5, 5.41) is 9.01. The molecule has 0 saturated carbocycles. The molecule has 1 aromatic rings. The molecule has 7 heteroatoms. The fourth-order valence-corrected chi connectivity index (χ4v) is 4.08. The summed E-state index contributed by atoms with van der Waals surface area (Å²) in [6.07, 6.45) is 7.26. The molecule has 0 atom stereocenters. The van der Waals surface area contributed by atoms with Crippen LogP contribution in [0.2, 0.25) is 0 Å². The SMILES string of the molecule is CC(C)OCC(=O)N1CCC(c2nnc(CN3CCCCCC3)n2C)CC1. The maximum atomic E-state index is 12.2. The van der Waals surface area contributed by atoms with Gasteiger partial charge in [0, 0.05) is 26.1 Å². The number of rotatable bonds is 6. The zero-order valence-corrected chi connectivity index (χ0v) is 17.2. The van der Waals surface area contributed by atoms with Crippen molar-refractivity contribution in [2.45, 2.75) is 70.9 Å². The molecule has 152 valence electrons. The van der Waals surface area contributed by atoms with Crippen LogP contribution in [0.1, 0.15) is 69.9 Å². The summed E-state index contributed by atoms with van der Waals surface area (Å²) < 4.78 is 7.64. The van der Waals surface area contributed by atoms with Gasteiger partial charge in [-0.25, -0.2) is 0 Å². The lowest BCUT2D eigenvalue weighted by molar-refractivity contribution is -0.138. The standard InChI is InChI=1S/C20H35N5O2/c1-16(2)27-15-19(26)25-12-8-17(9-13-25)20-22-21-18(23(20)3)14-24-10-6-4-5-7-11-24/h16-17H,4-15H2,1-3H3. The number of carbonyl (C=O) groups is 1. The van der Waals surface area contributed by atoms with Gasteiger partial charge in [-0.05, 0) is 52.6 Å². The van der Waals surface area contributed by atoms with Crippen molar-refractivity contribution in [2.24, 2.45) is 7.05 Å². The van der Waals surface area contributed by atoms with Crippen molar-refractivity contribution < 1.29 is 9.53 Å². The second-order valence-corrected chi connectivity index (χ2v) is 8.24. The van der Waals surface area contributed by atoms with Crippen LogP contribution in [0.25, 0.3) is 0 Å². The third kappa shape index (κ3) is 5.51. The molecule has 0 aliphatic carbocycles. The Hall–Kier alpha value is -1.47. The Bertz CT molecular complexity index is 600. The molecule has 7 nitrogen and oxygen atoms in total. The summed E-state index contributed by atoms with van der Waals surface area (Å²) >= 11 is 0.